The van der Waals surface area contributed by atoms with Gasteiger partial charge in [-0.25, -0.2) is 0 Å². The lowest BCUT2D eigenvalue weighted by Crippen LogP contribution is -2.32. The van der Waals surface area contributed by atoms with E-state index >= 15 is 0 Å². The molecule has 0 radical (unpaired) electrons. The molecule has 5 heteroatoms. The highest BCUT2D eigenvalue weighted by atomic mass is 79.9. The van der Waals surface area contributed by atoms with Gasteiger partial charge in [-0.2, -0.15) is 11.8 Å². The van der Waals surface area contributed by atoms with Gasteiger partial charge in [0.15, 0.2) is 0 Å². The third-order valence-electron chi connectivity index (χ3n) is 2.94. The first-order valence-corrected chi connectivity index (χ1v) is 8.23. The second-order valence-corrected chi connectivity index (χ2v) is 7.02. The minimum Gasteiger partial charge on any atom is -0.351 e. The number of carbonyl (C=O) groups excluding carboxylic acids is 1. The zero-order chi connectivity index (χ0) is 13.0. The third kappa shape index (κ3) is 3.90. The number of amides is 1. The predicted molar refractivity (Wildman–Crippen MR) is 81.6 cm³/mol. The van der Waals surface area contributed by atoms with Crippen LogP contribution in [-0.2, 0) is 0 Å². The lowest BCUT2D eigenvalue weighted by atomic mass is 10.1. The molecule has 1 saturated heterocycles. The maximum absolute atomic E-state index is 12.1. The van der Waals surface area contributed by atoms with E-state index in [0.29, 0.717) is 15.8 Å². The first-order chi connectivity index (χ1) is 8.66. The Kier molecular flexibility index (Phi) is 5.39. The summed E-state index contributed by atoms with van der Waals surface area (Å²) < 4.78 is 0.778. The van der Waals surface area contributed by atoms with Crippen LogP contribution in [0.2, 0.25) is 5.02 Å². The van der Waals surface area contributed by atoms with Crippen LogP contribution in [0.3, 0.4) is 0 Å². The van der Waals surface area contributed by atoms with Crippen molar-refractivity contribution in [1.82, 2.24) is 5.32 Å². The van der Waals surface area contributed by atoms with E-state index in [1.54, 1.807) is 18.2 Å². The SMILES string of the molecule is O=C(NCC1CCCCS1)c1cc(Cl)ccc1Br. The van der Waals surface area contributed by atoms with E-state index in [2.05, 4.69) is 21.2 Å². The Morgan fingerprint density at radius 2 is 2.33 bits per heavy atom. The molecule has 1 aromatic carbocycles. The van der Waals surface area contributed by atoms with E-state index in [1.807, 2.05) is 11.8 Å². The molecule has 1 unspecified atom stereocenters. The second kappa shape index (κ2) is 6.83. The summed E-state index contributed by atoms with van der Waals surface area (Å²) >= 11 is 11.2. The van der Waals surface area contributed by atoms with Crippen LogP contribution >= 0.6 is 39.3 Å². The molecule has 1 fully saturated rings. The first-order valence-electron chi connectivity index (χ1n) is 6.01. The summed E-state index contributed by atoms with van der Waals surface area (Å²) in [6.45, 7) is 0.739. The Hall–Kier alpha value is -0.190. The van der Waals surface area contributed by atoms with Crippen LogP contribution < -0.4 is 5.32 Å². The molecular formula is C13H15BrClNOS. The molecule has 1 amide bonds. The molecule has 0 bridgehead atoms. The van der Waals surface area contributed by atoms with Gasteiger partial charge < -0.3 is 5.32 Å². The summed E-state index contributed by atoms with van der Waals surface area (Å²) in [6, 6.07) is 5.25. The maximum Gasteiger partial charge on any atom is 0.252 e. The number of hydrogen-bond acceptors (Lipinski definition) is 2. The van der Waals surface area contributed by atoms with Gasteiger partial charge in [0.25, 0.3) is 5.91 Å². The fourth-order valence-corrected chi connectivity index (χ4v) is 3.78. The number of thioether (sulfide) groups is 1. The molecule has 2 rings (SSSR count). The fraction of sp³-hybridized carbons (Fsp3) is 0.462. The summed E-state index contributed by atoms with van der Waals surface area (Å²) in [5.74, 6) is 1.15. The van der Waals surface area contributed by atoms with Crippen LogP contribution in [-0.4, -0.2) is 23.5 Å². The third-order valence-corrected chi connectivity index (χ3v) is 5.26. The zero-order valence-corrected chi connectivity index (χ0v) is 13.1. The average Bonchev–Trinajstić information content (AvgIpc) is 2.40. The number of nitrogens with one attached hydrogen (secondary N) is 1. The Morgan fingerprint density at radius 1 is 1.50 bits per heavy atom. The van der Waals surface area contributed by atoms with Crippen molar-refractivity contribution in [1.29, 1.82) is 0 Å². The highest BCUT2D eigenvalue weighted by Gasteiger charge is 2.16. The van der Waals surface area contributed by atoms with Gasteiger partial charge >= 0.3 is 0 Å². The molecule has 1 aliphatic rings. The summed E-state index contributed by atoms with van der Waals surface area (Å²) in [5.41, 5.74) is 0.600. The molecule has 98 valence electrons. The van der Waals surface area contributed by atoms with Gasteiger partial charge in [0.05, 0.1) is 5.56 Å². The minimum absolute atomic E-state index is 0.0597. The first kappa shape index (κ1) is 14.2. The quantitative estimate of drug-likeness (QED) is 0.890. The van der Waals surface area contributed by atoms with E-state index in [0.717, 1.165) is 11.0 Å². The lowest BCUT2D eigenvalue weighted by molar-refractivity contribution is 0.0952. The smallest absolute Gasteiger partial charge is 0.252 e. The predicted octanol–water partition coefficient (Wildman–Crippen LogP) is 4.12. The molecule has 1 atom stereocenters. The van der Waals surface area contributed by atoms with Gasteiger partial charge in [-0.3, -0.25) is 4.79 Å². The highest BCUT2D eigenvalue weighted by molar-refractivity contribution is 9.10. The molecule has 18 heavy (non-hydrogen) atoms. The topological polar surface area (TPSA) is 29.1 Å². The van der Waals surface area contributed by atoms with E-state index in [1.165, 1.54) is 25.0 Å². The van der Waals surface area contributed by atoms with Gasteiger partial charge in [-0.15, -0.1) is 0 Å². The van der Waals surface area contributed by atoms with Gasteiger partial charge in [-0.1, -0.05) is 18.0 Å². The van der Waals surface area contributed by atoms with Gasteiger partial charge in [0, 0.05) is 21.3 Å². The highest BCUT2D eigenvalue weighted by Crippen LogP contribution is 2.25. The van der Waals surface area contributed by atoms with Crippen molar-refractivity contribution in [2.75, 3.05) is 12.3 Å². The summed E-state index contributed by atoms with van der Waals surface area (Å²) in [4.78, 5) is 12.1. The van der Waals surface area contributed by atoms with Crippen molar-refractivity contribution in [3.63, 3.8) is 0 Å². The van der Waals surface area contributed by atoms with Crippen LogP contribution in [0.15, 0.2) is 22.7 Å². The molecule has 2 nitrogen and oxygen atoms in total. The van der Waals surface area contributed by atoms with Crippen LogP contribution in [0, 0.1) is 0 Å². The lowest BCUT2D eigenvalue weighted by Gasteiger charge is -2.21. The number of benzene rings is 1. The summed E-state index contributed by atoms with van der Waals surface area (Å²) in [5, 5.41) is 4.12. The van der Waals surface area contributed by atoms with Crippen molar-refractivity contribution < 1.29 is 4.79 Å². The Bertz CT molecular complexity index is 435. The summed E-state index contributed by atoms with van der Waals surface area (Å²) in [7, 11) is 0. The Morgan fingerprint density at radius 3 is 3.06 bits per heavy atom. The number of hydrogen-bond donors (Lipinski definition) is 1. The van der Waals surface area contributed by atoms with Crippen molar-refractivity contribution in [2.45, 2.75) is 24.5 Å². The molecule has 0 aromatic heterocycles. The van der Waals surface area contributed by atoms with Crippen molar-refractivity contribution in [2.24, 2.45) is 0 Å². The molecule has 0 saturated carbocycles. The Balaban J connectivity index is 1.92. The van der Waals surface area contributed by atoms with E-state index in [4.69, 9.17) is 11.6 Å². The van der Waals surface area contributed by atoms with Crippen molar-refractivity contribution >= 4 is 45.2 Å². The van der Waals surface area contributed by atoms with E-state index < -0.39 is 0 Å². The van der Waals surface area contributed by atoms with Crippen LogP contribution in [0.1, 0.15) is 29.6 Å². The number of halogens is 2. The molecule has 1 heterocycles. The number of rotatable bonds is 3. The molecule has 0 aliphatic carbocycles. The molecular weight excluding hydrogens is 334 g/mol. The largest absolute Gasteiger partial charge is 0.351 e. The van der Waals surface area contributed by atoms with Crippen molar-refractivity contribution in [3.8, 4) is 0 Å². The van der Waals surface area contributed by atoms with E-state index in [9.17, 15) is 4.79 Å². The second-order valence-electron chi connectivity index (χ2n) is 4.32. The molecule has 1 aromatic rings. The average molecular weight is 349 g/mol. The Labute approximate surface area is 125 Å². The normalized spacial score (nSPS) is 19.6. The molecule has 1 aliphatic heterocycles. The van der Waals surface area contributed by atoms with Crippen LogP contribution in [0.5, 0.6) is 0 Å². The minimum atomic E-state index is -0.0597. The van der Waals surface area contributed by atoms with Gasteiger partial charge in [0.1, 0.15) is 0 Å². The van der Waals surface area contributed by atoms with Gasteiger partial charge in [0.2, 0.25) is 0 Å². The standard InChI is InChI=1S/C13H15BrClNOS/c14-12-5-4-9(15)7-11(12)13(17)16-8-10-3-1-2-6-18-10/h4-5,7,10H,1-3,6,8H2,(H,16,17). The fourth-order valence-electron chi connectivity index (χ4n) is 1.94. The number of carbonyl (C=O) groups is 1. The van der Waals surface area contributed by atoms with Crippen LogP contribution in [0.4, 0.5) is 0 Å². The summed E-state index contributed by atoms with van der Waals surface area (Å²) in [6.07, 6.45) is 3.77. The maximum atomic E-state index is 12.1. The zero-order valence-electron chi connectivity index (χ0n) is 9.92. The molecule has 0 spiro atoms. The molecule has 1 N–H and O–H groups in total. The van der Waals surface area contributed by atoms with E-state index in [-0.39, 0.29) is 5.91 Å². The van der Waals surface area contributed by atoms with Crippen molar-refractivity contribution in [3.05, 3.63) is 33.3 Å². The monoisotopic (exact) mass is 347 g/mol. The van der Waals surface area contributed by atoms with Gasteiger partial charge in [-0.05, 0) is 52.7 Å². The van der Waals surface area contributed by atoms with Crippen LogP contribution in [0.25, 0.3) is 0 Å².